The van der Waals surface area contributed by atoms with E-state index in [1.54, 1.807) is 0 Å². The zero-order valence-corrected chi connectivity index (χ0v) is 15.1. The Bertz CT molecular complexity index is 493. The first-order valence-corrected chi connectivity index (χ1v) is 8.12. The van der Waals surface area contributed by atoms with Gasteiger partial charge in [0.25, 0.3) is 0 Å². The van der Waals surface area contributed by atoms with Gasteiger partial charge >= 0.3 is 0 Å². The highest BCUT2D eigenvalue weighted by molar-refractivity contribution is 6.30. The first-order chi connectivity index (χ1) is 10.0. The summed E-state index contributed by atoms with van der Waals surface area (Å²) in [5, 5.41) is 3.98. The van der Waals surface area contributed by atoms with Gasteiger partial charge in [-0.1, -0.05) is 37.6 Å². The van der Waals surface area contributed by atoms with E-state index in [0.29, 0.717) is 11.1 Å². The zero-order valence-electron chi connectivity index (χ0n) is 13.5. The predicted octanol–water partition coefficient (Wildman–Crippen LogP) is 3.71. The number of carbonyl (C=O) groups is 1. The molecule has 1 saturated heterocycles. The molecule has 1 fully saturated rings. The topological polar surface area (TPSA) is 32.3 Å². The number of likely N-dealkylation sites (N-methyl/N-ethyl adjacent to an activating group) is 1. The number of piperidine rings is 1. The van der Waals surface area contributed by atoms with Crippen molar-refractivity contribution in [1.29, 1.82) is 0 Å². The van der Waals surface area contributed by atoms with E-state index < -0.39 is 0 Å². The van der Waals surface area contributed by atoms with Crippen molar-refractivity contribution < 1.29 is 4.79 Å². The number of halogens is 2. The zero-order chi connectivity index (χ0) is 15.4. The quantitative estimate of drug-likeness (QED) is 0.902. The van der Waals surface area contributed by atoms with Crippen molar-refractivity contribution in [2.75, 3.05) is 20.1 Å². The van der Waals surface area contributed by atoms with Gasteiger partial charge in [-0.25, -0.2) is 0 Å². The van der Waals surface area contributed by atoms with Gasteiger partial charge in [0.1, 0.15) is 0 Å². The molecule has 0 bridgehead atoms. The summed E-state index contributed by atoms with van der Waals surface area (Å²) < 4.78 is 0. The van der Waals surface area contributed by atoms with Gasteiger partial charge in [0.15, 0.2) is 0 Å². The Labute approximate surface area is 144 Å². The van der Waals surface area contributed by atoms with Crippen molar-refractivity contribution in [2.45, 2.75) is 38.6 Å². The van der Waals surface area contributed by atoms with Crippen LogP contribution in [0.15, 0.2) is 24.3 Å². The first kappa shape index (κ1) is 19.3. The Balaban J connectivity index is 0.00000242. The number of nitrogens with one attached hydrogen (secondary N) is 1. The molecule has 5 heteroatoms. The largest absolute Gasteiger partial charge is 0.341 e. The average molecular weight is 345 g/mol. The van der Waals surface area contributed by atoms with E-state index in [1.807, 2.05) is 36.2 Å². The third-order valence-electron chi connectivity index (χ3n) is 4.28. The van der Waals surface area contributed by atoms with Crippen LogP contribution in [-0.2, 0) is 4.79 Å². The molecule has 1 N–H and O–H groups in total. The van der Waals surface area contributed by atoms with E-state index in [-0.39, 0.29) is 30.2 Å². The summed E-state index contributed by atoms with van der Waals surface area (Å²) in [6.45, 7) is 5.87. The van der Waals surface area contributed by atoms with Crippen LogP contribution in [0.5, 0.6) is 0 Å². The minimum atomic E-state index is -0.112. The molecule has 124 valence electrons. The van der Waals surface area contributed by atoms with E-state index >= 15 is 0 Å². The van der Waals surface area contributed by atoms with Crippen LogP contribution >= 0.6 is 24.0 Å². The lowest BCUT2D eigenvalue weighted by molar-refractivity contribution is -0.135. The molecule has 2 unspecified atom stereocenters. The summed E-state index contributed by atoms with van der Waals surface area (Å²) in [6, 6.07) is 8.12. The van der Waals surface area contributed by atoms with Gasteiger partial charge in [-0.15, -0.1) is 12.4 Å². The summed E-state index contributed by atoms with van der Waals surface area (Å²) in [5.41, 5.74) is 1.02. The normalized spacial score (nSPS) is 19.7. The number of hydrogen-bond acceptors (Lipinski definition) is 2. The smallest absolute Gasteiger partial charge is 0.230 e. The molecule has 1 aliphatic heterocycles. The molecule has 0 spiro atoms. The van der Waals surface area contributed by atoms with Crippen molar-refractivity contribution in [1.82, 2.24) is 10.2 Å². The fourth-order valence-electron chi connectivity index (χ4n) is 3.12. The minimum Gasteiger partial charge on any atom is -0.341 e. The van der Waals surface area contributed by atoms with Crippen LogP contribution in [0.4, 0.5) is 0 Å². The number of amides is 1. The summed E-state index contributed by atoms with van der Waals surface area (Å²) in [4.78, 5) is 15.0. The summed E-state index contributed by atoms with van der Waals surface area (Å²) >= 11 is 6.09. The van der Waals surface area contributed by atoms with E-state index in [9.17, 15) is 4.79 Å². The highest BCUT2D eigenvalue weighted by atomic mass is 35.5. The molecule has 1 amide bonds. The van der Waals surface area contributed by atoms with Crippen LogP contribution in [0.3, 0.4) is 0 Å². The molecule has 0 saturated carbocycles. The molecule has 2 rings (SSSR count). The van der Waals surface area contributed by atoms with Crippen molar-refractivity contribution in [3.63, 3.8) is 0 Å². The Hall–Kier alpha value is -0.770. The van der Waals surface area contributed by atoms with Gasteiger partial charge in [0.05, 0.1) is 5.92 Å². The molecule has 1 aromatic carbocycles. The average Bonchev–Trinajstić information content (AvgIpc) is 2.47. The molecule has 3 nitrogen and oxygen atoms in total. The van der Waals surface area contributed by atoms with Crippen LogP contribution in [-0.4, -0.2) is 37.0 Å². The number of nitrogens with zero attached hydrogens (tertiary/aromatic N) is 1. The maximum Gasteiger partial charge on any atom is 0.230 e. The molecule has 0 aliphatic carbocycles. The van der Waals surface area contributed by atoms with Crippen molar-refractivity contribution in [2.24, 2.45) is 5.92 Å². The Kier molecular flexibility index (Phi) is 7.67. The van der Waals surface area contributed by atoms with E-state index in [0.717, 1.165) is 31.5 Å². The van der Waals surface area contributed by atoms with E-state index in [1.165, 1.54) is 0 Å². The van der Waals surface area contributed by atoms with Gasteiger partial charge in [-0.2, -0.15) is 0 Å². The fourth-order valence-corrected chi connectivity index (χ4v) is 3.32. The Morgan fingerprint density at radius 2 is 2.14 bits per heavy atom. The minimum absolute atomic E-state index is 0. The lowest BCUT2D eigenvalue weighted by atomic mass is 9.86. The third-order valence-corrected chi connectivity index (χ3v) is 4.52. The van der Waals surface area contributed by atoms with Crippen LogP contribution < -0.4 is 5.32 Å². The lowest BCUT2D eigenvalue weighted by Crippen LogP contribution is -2.49. The standard InChI is InChI=1S/C17H25ClN2O.ClH/c1-12(2)16(13-6-4-7-14(18)10-13)17(21)20-9-5-8-15(11-20)19-3;/h4,6-7,10,12,15-16,19H,5,8-9,11H2,1-3H3;1H. The van der Waals surface area contributed by atoms with Crippen molar-refractivity contribution >= 4 is 29.9 Å². The van der Waals surface area contributed by atoms with Gasteiger partial charge in [-0.3, -0.25) is 4.79 Å². The summed E-state index contributed by atoms with van der Waals surface area (Å²) in [6.07, 6.45) is 2.21. The monoisotopic (exact) mass is 344 g/mol. The predicted molar refractivity (Wildman–Crippen MR) is 94.9 cm³/mol. The Morgan fingerprint density at radius 3 is 2.73 bits per heavy atom. The molecule has 1 aliphatic rings. The number of hydrogen-bond donors (Lipinski definition) is 1. The van der Waals surface area contributed by atoms with Crippen LogP contribution in [0.25, 0.3) is 0 Å². The van der Waals surface area contributed by atoms with Crippen LogP contribution in [0.2, 0.25) is 5.02 Å². The molecule has 0 radical (unpaired) electrons. The highest BCUT2D eigenvalue weighted by Gasteiger charge is 2.31. The molecule has 0 aromatic heterocycles. The number of likely N-dealkylation sites (tertiary alicyclic amines) is 1. The van der Waals surface area contributed by atoms with Gasteiger partial charge in [0, 0.05) is 24.2 Å². The van der Waals surface area contributed by atoms with E-state index in [4.69, 9.17) is 11.6 Å². The number of rotatable bonds is 4. The molecule has 1 aromatic rings. The molecule has 2 atom stereocenters. The van der Waals surface area contributed by atoms with Crippen molar-refractivity contribution in [3.05, 3.63) is 34.9 Å². The summed E-state index contributed by atoms with van der Waals surface area (Å²) in [7, 11) is 1.97. The van der Waals surface area contributed by atoms with Crippen molar-refractivity contribution in [3.8, 4) is 0 Å². The van der Waals surface area contributed by atoms with E-state index in [2.05, 4.69) is 19.2 Å². The maximum absolute atomic E-state index is 13.0. The molecule has 1 heterocycles. The number of carbonyl (C=O) groups excluding carboxylic acids is 1. The molecular formula is C17H26Cl2N2O. The van der Waals surface area contributed by atoms with Gasteiger partial charge in [-0.05, 0) is 43.5 Å². The second-order valence-electron chi connectivity index (χ2n) is 6.19. The second kappa shape index (κ2) is 8.76. The van der Waals surface area contributed by atoms with Gasteiger partial charge < -0.3 is 10.2 Å². The van der Waals surface area contributed by atoms with Crippen LogP contribution in [0, 0.1) is 5.92 Å². The highest BCUT2D eigenvalue weighted by Crippen LogP contribution is 2.29. The number of benzene rings is 1. The van der Waals surface area contributed by atoms with Gasteiger partial charge in [0.2, 0.25) is 5.91 Å². The molecular weight excluding hydrogens is 319 g/mol. The first-order valence-electron chi connectivity index (χ1n) is 7.74. The third kappa shape index (κ3) is 4.61. The Morgan fingerprint density at radius 1 is 1.41 bits per heavy atom. The molecule has 22 heavy (non-hydrogen) atoms. The SMILES string of the molecule is CNC1CCCN(C(=O)C(c2cccc(Cl)c2)C(C)C)C1.Cl. The fraction of sp³-hybridized carbons (Fsp3) is 0.588. The maximum atomic E-state index is 13.0. The lowest BCUT2D eigenvalue weighted by Gasteiger charge is -2.36. The second-order valence-corrected chi connectivity index (χ2v) is 6.63. The summed E-state index contributed by atoms with van der Waals surface area (Å²) in [5.74, 6) is 0.373. The van der Waals surface area contributed by atoms with Crippen LogP contribution in [0.1, 0.15) is 38.2 Å².